The summed E-state index contributed by atoms with van der Waals surface area (Å²) in [7, 11) is -4.47. The van der Waals surface area contributed by atoms with Crippen molar-refractivity contribution >= 4 is 18.9 Å². The summed E-state index contributed by atoms with van der Waals surface area (Å²) in [5, 5.41) is 0. The van der Waals surface area contributed by atoms with Crippen LogP contribution < -0.4 is 0 Å². The molecule has 2 rings (SSSR count). The molecule has 0 fully saturated rings. The third-order valence-corrected chi connectivity index (χ3v) is 2.90. The molecule has 1 heterocycles. The maximum absolute atomic E-state index is 10.7. The van der Waals surface area contributed by atoms with Gasteiger partial charge in [0.25, 0.3) is 0 Å². The van der Waals surface area contributed by atoms with E-state index >= 15 is 0 Å². The van der Waals surface area contributed by atoms with Crippen LogP contribution in [0.25, 0.3) is 11.0 Å². The van der Waals surface area contributed by atoms with E-state index in [9.17, 15) is 4.57 Å². The fourth-order valence-corrected chi connectivity index (χ4v) is 1.91. The first-order chi connectivity index (χ1) is 7.87. The highest BCUT2D eigenvalue weighted by molar-refractivity contribution is 7.46. The van der Waals surface area contributed by atoms with Gasteiger partial charge >= 0.3 is 7.82 Å². The lowest BCUT2D eigenvalue weighted by Crippen LogP contribution is -2.03. The van der Waals surface area contributed by atoms with Crippen molar-refractivity contribution in [3.8, 4) is 0 Å². The second-order valence-electron chi connectivity index (χ2n) is 3.83. The molecule has 2 aromatic rings. The lowest BCUT2D eigenvalue weighted by atomic mass is 10.2. The second kappa shape index (κ2) is 4.23. The molecule has 1 aromatic carbocycles. The van der Waals surface area contributed by atoms with Gasteiger partial charge in [0.15, 0.2) is 0 Å². The molecule has 6 nitrogen and oxygen atoms in total. The Balaban J connectivity index is 2.42. The van der Waals surface area contributed by atoms with Gasteiger partial charge in [-0.1, -0.05) is 6.07 Å². The van der Waals surface area contributed by atoms with E-state index in [0.717, 1.165) is 16.6 Å². The van der Waals surface area contributed by atoms with Crippen molar-refractivity contribution in [1.82, 2.24) is 9.55 Å². The second-order valence-corrected chi connectivity index (χ2v) is 5.07. The normalized spacial score (nSPS) is 12.2. The Morgan fingerprint density at radius 1 is 1.41 bits per heavy atom. The molecule has 0 unspecified atom stereocenters. The Labute approximate surface area is 98.1 Å². The van der Waals surface area contributed by atoms with Gasteiger partial charge < -0.3 is 14.4 Å². The summed E-state index contributed by atoms with van der Waals surface area (Å²) >= 11 is 0. The van der Waals surface area contributed by atoms with E-state index in [1.807, 2.05) is 25.1 Å². The molecular formula is C10H13N2O4P. The van der Waals surface area contributed by atoms with E-state index in [4.69, 9.17) is 9.79 Å². The average Bonchev–Trinajstić information content (AvgIpc) is 2.49. The third kappa shape index (κ3) is 2.73. The van der Waals surface area contributed by atoms with Gasteiger partial charge in [-0.25, -0.2) is 9.55 Å². The summed E-state index contributed by atoms with van der Waals surface area (Å²) in [6.45, 7) is 3.49. The summed E-state index contributed by atoms with van der Waals surface area (Å²) in [4.78, 5) is 21.7. The van der Waals surface area contributed by atoms with Gasteiger partial charge in [-0.05, 0) is 31.5 Å². The maximum Gasteiger partial charge on any atom is 0.471 e. The molecule has 0 aliphatic rings. The van der Waals surface area contributed by atoms with E-state index in [1.54, 1.807) is 11.5 Å². The van der Waals surface area contributed by atoms with E-state index in [1.165, 1.54) is 0 Å². The molecule has 1 aromatic heterocycles. The van der Waals surface area contributed by atoms with Crippen LogP contribution in [-0.4, -0.2) is 19.3 Å². The summed E-state index contributed by atoms with van der Waals surface area (Å²) in [5.74, 6) is 0.652. The van der Waals surface area contributed by atoms with Crippen molar-refractivity contribution in [2.45, 2.75) is 20.6 Å². The highest BCUT2D eigenvalue weighted by atomic mass is 31.2. The Kier molecular flexibility index (Phi) is 3.05. The van der Waals surface area contributed by atoms with Crippen LogP contribution in [0.3, 0.4) is 0 Å². The minimum Gasteiger partial charge on any atom is -0.303 e. The lowest BCUT2D eigenvalue weighted by Gasteiger charge is -2.08. The quantitative estimate of drug-likeness (QED) is 0.817. The molecule has 0 amide bonds. The number of hydrogen-bond donors (Lipinski definition) is 2. The summed E-state index contributed by atoms with van der Waals surface area (Å²) < 4.78 is 16.8. The van der Waals surface area contributed by atoms with Crippen molar-refractivity contribution < 1.29 is 18.9 Å². The van der Waals surface area contributed by atoms with Gasteiger partial charge in [0.2, 0.25) is 0 Å². The number of hydrogen-bond acceptors (Lipinski definition) is 3. The lowest BCUT2D eigenvalue weighted by molar-refractivity contribution is 0.155. The van der Waals surface area contributed by atoms with Gasteiger partial charge in [0.05, 0.1) is 11.0 Å². The maximum atomic E-state index is 10.7. The molecule has 0 aliphatic carbocycles. The molecule has 0 aliphatic heterocycles. The number of aromatic nitrogens is 2. The molecule has 17 heavy (non-hydrogen) atoms. The first kappa shape index (κ1) is 12.3. The smallest absolute Gasteiger partial charge is 0.303 e. The van der Waals surface area contributed by atoms with Crippen molar-refractivity contribution in [3.05, 3.63) is 29.6 Å². The first-order valence-corrected chi connectivity index (χ1v) is 6.53. The summed E-state index contributed by atoms with van der Waals surface area (Å²) in [6.07, 6.45) is 0. The Morgan fingerprint density at radius 2 is 2.12 bits per heavy atom. The minimum absolute atomic E-state index is 0.212. The van der Waals surface area contributed by atoms with Crippen LogP contribution in [0.4, 0.5) is 0 Å². The number of nitrogens with zero attached hydrogens (tertiary/aromatic N) is 2. The van der Waals surface area contributed by atoms with E-state index < -0.39 is 7.82 Å². The highest BCUT2D eigenvalue weighted by Crippen LogP contribution is 2.36. The van der Waals surface area contributed by atoms with Crippen molar-refractivity contribution in [1.29, 1.82) is 0 Å². The third-order valence-electron chi connectivity index (χ3n) is 2.45. The Hall–Kier alpha value is -1.20. The monoisotopic (exact) mass is 256 g/mol. The molecule has 0 radical (unpaired) electrons. The number of benzene rings is 1. The van der Waals surface area contributed by atoms with E-state index in [0.29, 0.717) is 5.82 Å². The van der Waals surface area contributed by atoms with Gasteiger partial charge in [-0.2, -0.15) is 0 Å². The molecular weight excluding hydrogens is 243 g/mol. The molecule has 0 bridgehead atoms. The van der Waals surface area contributed by atoms with Crippen molar-refractivity contribution in [2.24, 2.45) is 0 Å². The predicted molar refractivity (Wildman–Crippen MR) is 62.3 cm³/mol. The first-order valence-electron chi connectivity index (χ1n) is 5.00. The number of rotatable bonds is 3. The van der Waals surface area contributed by atoms with Crippen LogP contribution in [0.15, 0.2) is 18.2 Å². The zero-order valence-electron chi connectivity index (χ0n) is 9.49. The molecule has 2 N–H and O–H groups in total. The molecule has 92 valence electrons. The number of imidazole rings is 1. The van der Waals surface area contributed by atoms with Crippen LogP contribution in [0.1, 0.15) is 11.4 Å². The van der Waals surface area contributed by atoms with Gasteiger partial charge in [0.1, 0.15) is 12.6 Å². The zero-order chi connectivity index (χ0) is 12.6. The largest absolute Gasteiger partial charge is 0.471 e. The van der Waals surface area contributed by atoms with Crippen molar-refractivity contribution in [3.63, 3.8) is 0 Å². The van der Waals surface area contributed by atoms with Crippen LogP contribution in [0.5, 0.6) is 0 Å². The zero-order valence-corrected chi connectivity index (χ0v) is 10.4. The van der Waals surface area contributed by atoms with E-state index in [2.05, 4.69) is 9.51 Å². The Morgan fingerprint density at radius 3 is 2.76 bits per heavy atom. The highest BCUT2D eigenvalue weighted by Gasteiger charge is 2.16. The SMILES string of the molecule is Cc1ccc2nc(C)n(COP(=O)(O)O)c2c1. The summed E-state index contributed by atoms with van der Waals surface area (Å²) in [6, 6.07) is 5.70. The molecule has 0 spiro atoms. The van der Waals surface area contributed by atoms with Crippen LogP contribution in [-0.2, 0) is 15.8 Å². The fourth-order valence-electron chi connectivity index (χ4n) is 1.65. The van der Waals surface area contributed by atoms with Crippen molar-refractivity contribution in [2.75, 3.05) is 0 Å². The average molecular weight is 256 g/mol. The number of phosphoric ester groups is 1. The van der Waals surface area contributed by atoms with Crippen LogP contribution >= 0.6 is 7.82 Å². The van der Waals surface area contributed by atoms with Gasteiger partial charge in [-0.3, -0.25) is 4.52 Å². The molecule has 0 saturated carbocycles. The topological polar surface area (TPSA) is 84.6 Å². The number of phosphoric acid groups is 1. The molecule has 0 atom stereocenters. The summed E-state index contributed by atoms with van der Waals surface area (Å²) in [5.41, 5.74) is 2.63. The van der Waals surface area contributed by atoms with Gasteiger partial charge in [0, 0.05) is 0 Å². The Bertz CT molecular complexity index is 602. The minimum atomic E-state index is -4.47. The van der Waals surface area contributed by atoms with E-state index in [-0.39, 0.29) is 6.73 Å². The number of fused-ring (bicyclic) bond motifs is 1. The van der Waals surface area contributed by atoms with Crippen LogP contribution in [0, 0.1) is 13.8 Å². The standard InChI is InChI=1S/C10H13N2O4P/c1-7-3-4-9-10(5-7)12(8(2)11-9)6-16-17(13,14)15/h3-5H,6H2,1-2H3,(H2,13,14,15). The van der Waals surface area contributed by atoms with Crippen LogP contribution in [0.2, 0.25) is 0 Å². The predicted octanol–water partition coefficient (Wildman–Crippen LogP) is 1.72. The fraction of sp³-hybridized carbons (Fsp3) is 0.300. The molecule has 7 heteroatoms. The molecule has 0 saturated heterocycles. The van der Waals surface area contributed by atoms with Gasteiger partial charge in [-0.15, -0.1) is 0 Å². The number of aryl methyl sites for hydroxylation is 2.